The molecule has 1 aliphatic rings. The summed E-state index contributed by atoms with van der Waals surface area (Å²) in [6, 6.07) is 6.48. The van der Waals surface area contributed by atoms with Crippen LogP contribution in [0.3, 0.4) is 0 Å². The van der Waals surface area contributed by atoms with Gasteiger partial charge in [0.05, 0.1) is 18.6 Å². The number of hydrogen-bond acceptors (Lipinski definition) is 4. The minimum Gasteiger partial charge on any atom is -0.386 e. The van der Waals surface area contributed by atoms with Crippen molar-refractivity contribution in [2.75, 3.05) is 5.32 Å². The van der Waals surface area contributed by atoms with Gasteiger partial charge in [0.25, 0.3) is 5.91 Å². The van der Waals surface area contributed by atoms with E-state index in [9.17, 15) is 14.7 Å². The van der Waals surface area contributed by atoms with E-state index in [4.69, 9.17) is 11.6 Å². The summed E-state index contributed by atoms with van der Waals surface area (Å²) in [5.74, 6) is -0.0919. The summed E-state index contributed by atoms with van der Waals surface area (Å²) >= 11 is 6.17. The van der Waals surface area contributed by atoms with Crippen molar-refractivity contribution in [3.05, 3.63) is 57.7 Å². The fourth-order valence-corrected chi connectivity index (χ4v) is 3.54. The van der Waals surface area contributed by atoms with Crippen molar-refractivity contribution in [1.29, 1.82) is 0 Å². The highest BCUT2D eigenvalue weighted by molar-refractivity contribution is 6.31. The van der Waals surface area contributed by atoms with Crippen molar-refractivity contribution in [3.63, 3.8) is 0 Å². The number of aliphatic hydroxyl groups is 1. The maximum absolute atomic E-state index is 12.9. The van der Waals surface area contributed by atoms with Crippen LogP contribution in [-0.4, -0.2) is 27.9 Å². The highest BCUT2D eigenvalue weighted by atomic mass is 35.5. The number of fused-ring (bicyclic) bond motifs is 1. The van der Waals surface area contributed by atoms with Crippen LogP contribution in [0.2, 0.25) is 5.02 Å². The molecule has 6 nitrogen and oxygen atoms in total. The summed E-state index contributed by atoms with van der Waals surface area (Å²) in [4.78, 5) is 28.6. The quantitative estimate of drug-likeness (QED) is 0.710. The predicted octanol–water partition coefficient (Wildman–Crippen LogP) is 3.17. The molecule has 2 amide bonds. The van der Waals surface area contributed by atoms with Gasteiger partial charge < -0.3 is 15.7 Å². The molecular weight excluding hydrogens is 366 g/mol. The lowest BCUT2D eigenvalue weighted by Crippen LogP contribution is -2.40. The number of carbonyl (C=O) groups is 2. The molecule has 27 heavy (non-hydrogen) atoms. The Morgan fingerprint density at radius 1 is 1.41 bits per heavy atom. The molecular formula is C20H22ClN3O3. The van der Waals surface area contributed by atoms with Gasteiger partial charge in [-0.15, -0.1) is 0 Å². The Hall–Kier alpha value is -2.44. The largest absolute Gasteiger partial charge is 0.386 e. The lowest BCUT2D eigenvalue weighted by molar-refractivity contribution is -0.115. The number of aromatic nitrogens is 1. The van der Waals surface area contributed by atoms with E-state index in [0.717, 1.165) is 12.0 Å². The summed E-state index contributed by atoms with van der Waals surface area (Å²) in [5, 5.41) is 17.0. The van der Waals surface area contributed by atoms with Gasteiger partial charge in [-0.2, -0.15) is 0 Å². The predicted molar refractivity (Wildman–Crippen MR) is 104 cm³/mol. The smallest absolute Gasteiger partial charge is 0.252 e. The number of pyridine rings is 1. The van der Waals surface area contributed by atoms with Crippen molar-refractivity contribution >= 4 is 29.2 Å². The van der Waals surface area contributed by atoms with Crippen molar-refractivity contribution < 1.29 is 14.7 Å². The van der Waals surface area contributed by atoms with Gasteiger partial charge in [0.2, 0.25) is 5.91 Å². The maximum atomic E-state index is 12.9. The molecule has 0 aliphatic carbocycles. The Kier molecular flexibility index (Phi) is 5.77. The first-order chi connectivity index (χ1) is 12.9. The summed E-state index contributed by atoms with van der Waals surface area (Å²) in [5.41, 5.74) is 2.47. The first-order valence-corrected chi connectivity index (χ1v) is 9.31. The number of anilines is 1. The molecule has 1 aliphatic heterocycles. The number of carbonyl (C=O) groups excluding carboxylic acids is 2. The number of nitrogens with one attached hydrogen (secondary N) is 2. The van der Waals surface area contributed by atoms with Crippen molar-refractivity contribution in [2.24, 2.45) is 0 Å². The van der Waals surface area contributed by atoms with E-state index in [2.05, 4.69) is 15.6 Å². The summed E-state index contributed by atoms with van der Waals surface area (Å²) in [6.45, 7) is 3.84. The molecule has 142 valence electrons. The fourth-order valence-electron chi connectivity index (χ4n) is 3.36. The van der Waals surface area contributed by atoms with Gasteiger partial charge in [-0.25, -0.2) is 4.98 Å². The Morgan fingerprint density at radius 2 is 2.19 bits per heavy atom. The van der Waals surface area contributed by atoms with E-state index in [0.29, 0.717) is 34.0 Å². The zero-order valence-corrected chi connectivity index (χ0v) is 16.0. The molecule has 0 saturated carbocycles. The third-order valence-electron chi connectivity index (χ3n) is 4.82. The van der Waals surface area contributed by atoms with Crippen LogP contribution in [0.25, 0.3) is 0 Å². The second-order valence-electron chi connectivity index (χ2n) is 6.68. The zero-order valence-electron chi connectivity index (χ0n) is 15.3. The Bertz CT molecular complexity index is 885. The van der Waals surface area contributed by atoms with E-state index < -0.39 is 12.1 Å². The average Bonchev–Trinajstić information content (AvgIpc) is 3.03. The van der Waals surface area contributed by atoms with Gasteiger partial charge >= 0.3 is 0 Å². The van der Waals surface area contributed by atoms with Gasteiger partial charge in [0.1, 0.15) is 5.82 Å². The van der Waals surface area contributed by atoms with Crippen LogP contribution in [0.1, 0.15) is 52.9 Å². The molecule has 2 aromatic rings. The van der Waals surface area contributed by atoms with Gasteiger partial charge in [-0.1, -0.05) is 37.1 Å². The molecule has 1 aromatic heterocycles. The number of aliphatic hydroxyl groups excluding tert-OH is 1. The molecule has 0 fully saturated rings. The van der Waals surface area contributed by atoms with Crippen LogP contribution in [0, 0.1) is 6.92 Å². The Labute approximate surface area is 163 Å². The van der Waals surface area contributed by atoms with E-state index >= 15 is 0 Å². The van der Waals surface area contributed by atoms with Gasteiger partial charge in [0, 0.05) is 22.3 Å². The molecule has 0 bridgehead atoms. The highest BCUT2D eigenvalue weighted by Gasteiger charge is 2.28. The van der Waals surface area contributed by atoms with Gasteiger partial charge in [-0.3, -0.25) is 9.59 Å². The lowest BCUT2D eigenvalue weighted by atomic mass is 9.94. The normalized spacial score (nSPS) is 15.0. The Morgan fingerprint density at radius 3 is 2.93 bits per heavy atom. The van der Waals surface area contributed by atoms with E-state index in [1.165, 1.54) is 6.20 Å². The third-order valence-corrected chi connectivity index (χ3v) is 5.23. The van der Waals surface area contributed by atoms with Crippen LogP contribution in [0.15, 0.2) is 30.5 Å². The molecule has 0 unspecified atom stereocenters. The molecule has 3 rings (SSSR count). The van der Waals surface area contributed by atoms with Crippen LogP contribution in [0.4, 0.5) is 5.82 Å². The monoisotopic (exact) mass is 387 g/mol. The fraction of sp³-hybridized carbons (Fsp3) is 0.350. The van der Waals surface area contributed by atoms with Crippen molar-refractivity contribution in [2.45, 2.75) is 45.3 Å². The number of amides is 2. The summed E-state index contributed by atoms with van der Waals surface area (Å²) in [7, 11) is 0. The van der Waals surface area contributed by atoms with Crippen LogP contribution in [0.5, 0.6) is 0 Å². The number of halogens is 1. The Balaban J connectivity index is 1.85. The SMILES string of the molecule is CCC[C@@H](NC(=O)c1ccnc2c1CC(=O)N2)[C@@H](O)c1cccc(Cl)c1C. The van der Waals surface area contributed by atoms with E-state index in [1.54, 1.807) is 18.2 Å². The standard InChI is InChI=1S/C20H22ClN3O3/c1-3-5-16(18(26)12-6-4-7-15(21)11(12)2)23-20(27)13-8-9-22-19-14(13)10-17(25)24-19/h4,6-9,16,18,26H,3,5,10H2,1-2H3,(H,23,27)(H,22,24,25)/t16-,18+/m1/s1. The van der Waals surface area contributed by atoms with Crippen molar-refractivity contribution in [1.82, 2.24) is 10.3 Å². The van der Waals surface area contributed by atoms with Crippen molar-refractivity contribution in [3.8, 4) is 0 Å². The van der Waals surface area contributed by atoms with E-state index in [-0.39, 0.29) is 18.2 Å². The molecule has 0 saturated heterocycles. The first-order valence-electron chi connectivity index (χ1n) is 8.94. The number of hydrogen-bond donors (Lipinski definition) is 3. The lowest BCUT2D eigenvalue weighted by Gasteiger charge is -2.26. The van der Waals surface area contributed by atoms with Crippen LogP contribution in [-0.2, 0) is 11.2 Å². The van der Waals surface area contributed by atoms with Gasteiger partial charge in [0.15, 0.2) is 0 Å². The summed E-state index contributed by atoms with van der Waals surface area (Å²) in [6.07, 6.45) is 2.12. The minimum atomic E-state index is -0.887. The molecule has 7 heteroatoms. The molecule has 2 heterocycles. The molecule has 2 atom stereocenters. The topological polar surface area (TPSA) is 91.3 Å². The molecule has 0 radical (unpaired) electrons. The zero-order chi connectivity index (χ0) is 19.6. The molecule has 0 spiro atoms. The van der Waals surface area contributed by atoms with Crippen LogP contribution >= 0.6 is 11.6 Å². The number of benzene rings is 1. The van der Waals surface area contributed by atoms with Gasteiger partial charge in [-0.05, 0) is 36.6 Å². The highest BCUT2D eigenvalue weighted by Crippen LogP contribution is 2.29. The second kappa shape index (κ2) is 8.06. The maximum Gasteiger partial charge on any atom is 0.252 e. The van der Waals surface area contributed by atoms with E-state index in [1.807, 2.05) is 19.9 Å². The molecule has 3 N–H and O–H groups in total. The average molecular weight is 388 g/mol. The number of rotatable bonds is 6. The van der Waals surface area contributed by atoms with Crippen LogP contribution < -0.4 is 10.6 Å². The number of nitrogens with zero attached hydrogens (tertiary/aromatic N) is 1. The third kappa shape index (κ3) is 3.96. The minimum absolute atomic E-state index is 0.125. The second-order valence-corrected chi connectivity index (χ2v) is 7.09. The first kappa shape index (κ1) is 19.3. The molecule has 1 aromatic carbocycles. The summed E-state index contributed by atoms with van der Waals surface area (Å²) < 4.78 is 0.